The first-order valence-electron chi connectivity index (χ1n) is 6.23. The second-order valence-corrected chi connectivity index (χ2v) is 4.70. The summed E-state index contributed by atoms with van der Waals surface area (Å²) >= 11 is 6.08. The molecule has 1 unspecified atom stereocenters. The highest BCUT2D eigenvalue weighted by molar-refractivity contribution is 6.31. The molecule has 2 aromatic rings. The minimum atomic E-state index is -0.316. The molecule has 0 saturated carbocycles. The predicted octanol–water partition coefficient (Wildman–Crippen LogP) is 4.56. The molecule has 0 aliphatic heterocycles. The van der Waals surface area contributed by atoms with E-state index in [1.165, 1.54) is 12.1 Å². The van der Waals surface area contributed by atoms with Gasteiger partial charge >= 0.3 is 0 Å². The fraction of sp³-hybridized carbons (Fsp3) is 0.188. The molecule has 0 saturated heterocycles. The van der Waals surface area contributed by atoms with Crippen LogP contribution in [0.3, 0.4) is 0 Å². The molecule has 20 heavy (non-hydrogen) atoms. The van der Waals surface area contributed by atoms with Crippen molar-refractivity contribution in [3.63, 3.8) is 0 Å². The van der Waals surface area contributed by atoms with Gasteiger partial charge in [0.15, 0.2) is 0 Å². The molecule has 0 aliphatic rings. The number of ether oxygens (including phenoxy) is 1. The van der Waals surface area contributed by atoms with E-state index < -0.39 is 0 Å². The lowest BCUT2D eigenvalue weighted by Gasteiger charge is -2.12. The summed E-state index contributed by atoms with van der Waals surface area (Å²) in [6.45, 7) is 0.370. The van der Waals surface area contributed by atoms with E-state index in [4.69, 9.17) is 16.3 Å². The van der Waals surface area contributed by atoms with E-state index in [9.17, 15) is 9.65 Å². The van der Waals surface area contributed by atoms with Crippen molar-refractivity contribution in [2.45, 2.75) is 12.3 Å². The van der Waals surface area contributed by atoms with Crippen LogP contribution in [0.4, 0.5) is 4.39 Å². The third-order valence-electron chi connectivity index (χ3n) is 2.93. The monoisotopic (exact) mass is 289 g/mol. The second-order valence-electron chi connectivity index (χ2n) is 4.29. The number of hydrogen-bond donors (Lipinski definition) is 0. The van der Waals surface area contributed by atoms with Crippen LogP contribution in [0.2, 0.25) is 5.02 Å². The van der Waals surface area contributed by atoms with Crippen molar-refractivity contribution in [3.05, 3.63) is 64.9 Å². The number of nitrogens with zero attached hydrogens (tertiary/aromatic N) is 1. The van der Waals surface area contributed by atoms with Crippen molar-refractivity contribution in [2.75, 3.05) is 6.61 Å². The Balaban J connectivity index is 1.94. The lowest BCUT2D eigenvalue weighted by atomic mass is 9.98. The zero-order chi connectivity index (χ0) is 14.4. The first-order chi connectivity index (χ1) is 9.70. The van der Waals surface area contributed by atoms with Crippen molar-refractivity contribution in [2.24, 2.45) is 0 Å². The molecular weight excluding hydrogens is 277 g/mol. The Labute approximate surface area is 122 Å². The van der Waals surface area contributed by atoms with Crippen molar-refractivity contribution >= 4 is 11.6 Å². The molecule has 0 aromatic heterocycles. The van der Waals surface area contributed by atoms with Crippen LogP contribution in [-0.2, 0) is 0 Å². The maximum Gasteiger partial charge on any atom is 0.123 e. The first kappa shape index (κ1) is 14.4. The highest BCUT2D eigenvalue weighted by Gasteiger charge is 2.13. The molecule has 0 heterocycles. The van der Waals surface area contributed by atoms with Gasteiger partial charge in [0.1, 0.15) is 11.6 Å². The van der Waals surface area contributed by atoms with Gasteiger partial charge in [-0.15, -0.1) is 0 Å². The molecule has 0 bridgehead atoms. The van der Waals surface area contributed by atoms with E-state index in [1.807, 2.05) is 18.2 Å². The minimum Gasteiger partial charge on any atom is -0.494 e. The standard InChI is InChI=1S/C16H13ClFNO/c17-16-4-2-1-3-15(16)12(11-19)9-10-20-14-7-5-13(18)6-8-14/h1-8,12H,9-10H2. The second kappa shape index (κ2) is 6.93. The van der Waals surface area contributed by atoms with Gasteiger partial charge in [-0.05, 0) is 35.9 Å². The largest absolute Gasteiger partial charge is 0.494 e. The quantitative estimate of drug-likeness (QED) is 0.808. The summed E-state index contributed by atoms with van der Waals surface area (Å²) in [5.41, 5.74) is 0.805. The molecule has 0 fully saturated rings. The molecule has 2 nitrogen and oxygen atoms in total. The predicted molar refractivity (Wildman–Crippen MR) is 76.3 cm³/mol. The Bertz CT molecular complexity index is 607. The van der Waals surface area contributed by atoms with Crippen LogP contribution in [0.25, 0.3) is 0 Å². The summed E-state index contributed by atoms with van der Waals surface area (Å²) in [5, 5.41) is 9.81. The smallest absolute Gasteiger partial charge is 0.123 e. The van der Waals surface area contributed by atoms with E-state index in [2.05, 4.69) is 6.07 Å². The summed E-state index contributed by atoms with van der Waals surface area (Å²) in [5.74, 6) is -0.0327. The highest BCUT2D eigenvalue weighted by Crippen LogP contribution is 2.26. The summed E-state index contributed by atoms with van der Waals surface area (Å²) in [4.78, 5) is 0. The maximum absolute atomic E-state index is 12.7. The van der Waals surface area contributed by atoms with Gasteiger partial charge in [-0.25, -0.2) is 4.39 Å². The number of halogens is 2. The van der Waals surface area contributed by atoms with Gasteiger partial charge in [0.25, 0.3) is 0 Å². The molecule has 0 radical (unpaired) electrons. The summed E-state index contributed by atoms with van der Waals surface area (Å²) in [6.07, 6.45) is 0.525. The normalized spacial score (nSPS) is 11.7. The van der Waals surface area contributed by atoms with Gasteiger partial charge in [-0.1, -0.05) is 29.8 Å². The van der Waals surface area contributed by atoms with E-state index >= 15 is 0 Å². The maximum atomic E-state index is 12.7. The third-order valence-corrected chi connectivity index (χ3v) is 3.27. The fourth-order valence-electron chi connectivity index (χ4n) is 1.87. The van der Waals surface area contributed by atoms with Crippen LogP contribution < -0.4 is 4.74 Å². The van der Waals surface area contributed by atoms with Crippen molar-refractivity contribution < 1.29 is 9.13 Å². The van der Waals surface area contributed by atoms with Gasteiger partial charge < -0.3 is 4.74 Å². The molecule has 1 atom stereocenters. The molecular formula is C16H13ClFNO. The molecule has 4 heteroatoms. The Morgan fingerprint density at radius 1 is 1.15 bits per heavy atom. The van der Waals surface area contributed by atoms with E-state index in [0.29, 0.717) is 23.8 Å². The Kier molecular flexibility index (Phi) is 4.97. The van der Waals surface area contributed by atoms with Crippen LogP contribution in [0.1, 0.15) is 17.9 Å². The zero-order valence-corrected chi connectivity index (χ0v) is 11.5. The number of nitriles is 1. The van der Waals surface area contributed by atoms with E-state index in [0.717, 1.165) is 5.56 Å². The first-order valence-corrected chi connectivity index (χ1v) is 6.61. The van der Waals surface area contributed by atoms with Crippen LogP contribution in [0.5, 0.6) is 5.75 Å². The number of hydrogen-bond acceptors (Lipinski definition) is 2. The molecule has 2 rings (SSSR count). The fourth-order valence-corrected chi connectivity index (χ4v) is 2.14. The van der Waals surface area contributed by atoms with E-state index in [-0.39, 0.29) is 11.7 Å². The molecule has 0 spiro atoms. The van der Waals surface area contributed by atoms with Crippen molar-refractivity contribution in [3.8, 4) is 11.8 Å². The van der Waals surface area contributed by atoms with Gasteiger partial charge in [0.05, 0.1) is 18.6 Å². The summed E-state index contributed by atoms with van der Waals surface area (Å²) in [6, 6.07) is 15.3. The third kappa shape index (κ3) is 3.72. The molecule has 2 aromatic carbocycles. The van der Waals surface area contributed by atoms with Gasteiger partial charge in [0.2, 0.25) is 0 Å². The van der Waals surface area contributed by atoms with Crippen LogP contribution in [0.15, 0.2) is 48.5 Å². The van der Waals surface area contributed by atoms with Gasteiger partial charge in [-0.2, -0.15) is 5.26 Å². The average Bonchev–Trinajstić information content (AvgIpc) is 2.47. The van der Waals surface area contributed by atoms with Gasteiger partial charge in [0, 0.05) is 11.4 Å². The molecule has 0 N–H and O–H groups in total. The van der Waals surface area contributed by atoms with Crippen molar-refractivity contribution in [1.29, 1.82) is 5.26 Å². The Morgan fingerprint density at radius 3 is 2.50 bits per heavy atom. The molecule has 0 amide bonds. The minimum absolute atomic E-state index is 0.302. The van der Waals surface area contributed by atoms with Crippen LogP contribution in [0, 0.1) is 17.1 Å². The lowest BCUT2D eigenvalue weighted by molar-refractivity contribution is 0.305. The average molecular weight is 290 g/mol. The van der Waals surface area contributed by atoms with Crippen LogP contribution in [-0.4, -0.2) is 6.61 Å². The Hall–Kier alpha value is -2.05. The van der Waals surface area contributed by atoms with Crippen LogP contribution >= 0.6 is 11.6 Å². The van der Waals surface area contributed by atoms with Gasteiger partial charge in [-0.3, -0.25) is 0 Å². The molecule has 0 aliphatic carbocycles. The topological polar surface area (TPSA) is 33.0 Å². The van der Waals surface area contributed by atoms with E-state index in [1.54, 1.807) is 18.2 Å². The summed E-state index contributed by atoms with van der Waals surface area (Å²) in [7, 11) is 0. The highest BCUT2D eigenvalue weighted by atomic mass is 35.5. The SMILES string of the molecule is N#CC(CCOc1ccc(F)cc1)c1ccccc1Cl. The summed E-state index contributed by atoms with van der Waals surface area (Å²) < 4.78 is 18.2. The van der Waals surface area contributed by atoms with Crippen molar-refractivity contribution in [1.82, 2.24) is 0 Å². The number of benzene rings is 2. The molecule has 102 valence electrons. The lowest BCUT2D eigenvalue weighted by Crippen LogP contribution is -2.05. The number of rotatable bonds is 5. The Morgan fingerprint density at radius 2 is 1.85 bits per heavy atom. The zero-order valence-electron chi connectivity index (χ0n) is 10.7.